The van der Waals surface area contributed by atoms with Gasteiger partial charge in [0.1, 0.15) is 0 Å². The van der Waals surface area contributed by atoms with E-state index in [2.05, 4.69) is 12.0 Å². The molecule has 0 fully saturated rings. The van der Waals surface area contributed by atoms with E-state index in [-0.39, 0.29) is 11.0 Å². The number of hydrogen-bond donors (Lipinski definition) is 0. The highest BCUT2D eigenvalue weighted by Gasteiger charge is 2.16. The van der Waals surface area contributed by atoms with Crippen LogP contribution in [0.25, 0.3) is 0 Å². The Morgan fingerprint density at radius 3 is 3.06 bits per heavy atom. The predicted molar refractivity (Wildman–Crippen MR) is 59.7 cm³/mol. The average molecular weight is 239 g/mol. The maximum absolute atomic E-state index is 11.9. The summed E-state index contributed by atoms with van der Waals surface area (Å²) in [6.07, 6.45) is 5.63. The molecule has 5 heteroatoms. The van der Waals surface area contributed by atoms with Gasteiger partial charge in [-0.25, -0.2) is 0 Å². The van der Waals surface area contributed by atoms with Crippen molar-refractivity contribution in [3.8, 4) is 0 Å². The van der Waals surface area contributed by atoms with Crippen molar-refractivity contribution in [2.24, 2.45) is 0 Å². The van der Waals surface area contributed by atoms with E-state index in [1.54, 1.807) is 23.1 Å². The van der Waals surface area contributed by atoms with Gasteiger partial charge in [-0.05, 0) is 24.1 Å². The standard InChI is InChI=1S/C11H11ClN2O2/c1-2-4-14-7-8(6-13-14)10(15)9-3-5-16-11(9)12/h3,5-7H,2,4H2,1H3. The molecule has 2 aromatic rings. The van der Waals surface area contributed by atoms with Gasteiger partial charge in [-0.15, -0.1) is 0 Å². The zero-order valence-corrected chi connectivity index (χ0v) is 9.57. The van der Waals surface area contributed by atoms with E-state index < -0.39 is 0 Å². The van der Waals surface area contributed by atoms with Gasteiger partial charge < -0.3 is 4.42 Å². The fourth-order valence-corrected chi connectivity index (χ4v) is 1.64. The molecule has 84 valence electrons. The third-order valence-corrected chi connectivity index (χ3v) is 2.50. The van der Waals surface area contributed by atoms with Crippen LogP contribution in [-0.2, 0) is 6.54 Å². The summed E-state index contributed by atoms with van der Waals surface area (Å²) >= 11 is 5.74. The van der Waals surface area contributed by atoms with Gasteiger partial charge in [-0.2, -0.15) is 5.10 Å². The highest BCUT2D eigenvalue weighted by molar-refractivity contribution is 6.33. The third-order valence-electron chi connectivity index (χ3n) is 2.21. The molecule has 4 nitrogen and oxygen atoms in total. The van der Waals surface area contributed by atoms with Crippen molar-refractivity contribution in [1.82, 2.24) is 9.78 Å². The maximum atomic E-state index is 11.9. The number of ketones is 1. The molecular weight excluding hydrogens is 228 g/mol. The minimum Gasteiger partial charge on any atom is -0.452 e. The minimum absolute atomic E-state index is 0.119. The average Bonchev–Trinajstić information content (AvgIpc) is 2.87. The van der Waals surface area contributed by atoms with Crippen molar-refractivity contribution in [2.45, 2.75) is 19.9 Å². The lowest BCUT2D eigenvalue weighted by Crippen LogP contribution is -1.99. The lowest BCUT2D eigenvalue weighted by Gasteiger charge is -1.95. The molecule has 2 aromatic heterocycles. The van der Waals surface area contributed by atoms with Gasteiger partial charge in [0, 0.05) is 12.7 Å². The lowest BCUT2D eigenvalue weighted by molar-refractivity contribution is 0.103. The van der Waals surface area contributed by atoms with Crippen molar-refractivity contribution in [3.05, 3.63) is 41.1 Å². The van der Waals surface area contributed by atoms with Gasteiger partial charge in [-0.3, -0.25) is 9.48 Å². The Morgan fingerprint density at radius 1 is 1.62 bits per heavy atom. The van der Waals surface area contributed by atoms with Crippen LogP contribution in [0.5, 0.6) is 0 Å². The Labute approximate surface area is 97.8 Å². The van der Waals surface area contributed by atoms with E-state index in [0.29, 0.717) is 11.1 Å². The minimum atomic E-state index is -0.166. The zero-order valence-electron chi connectivity index (χ0n) is 8.81. The number of carbonyl (C=O) groups excluding carboxylic acids is 1. The van der Waals surface area contributed by atoms with Crippen LogP contribution in [0.2, 0.25) is 5.22 Å². The monoisotopic (exact) mass is 238 g/mol. The van der Waals surface area contributed by atoms with Crippen LogP contribution in [0, 0.1) is 0 Å². The molecule has 0 N–H and O–H groups in total. The van der Waals surface area contributed by atoms with Gasteiger partial charge in [0.15, 0.2) is 0 Å². The summed E-state index contributed by atoms with van der Waals surface area (Å²) in [5.41, 5.74) is 0.898. The first-order chi connectivity index (χ1) is 7.72. The summed E-state index contributed by atoms with van der Waals surface area (Å²) in [4.78, 5) is 11.9. The highest BCUT2D eigenvalue weighted by Crippen LogP contribution is 2.20. The van der Waals surface area contributed by atoms with E-state index in [4.69, 9.17) is 16.0 Å². The van der Waals surface area contributed by atoms with Crippen molar-refractivity contribution < 1.29 is 9.21 Å². The highest BCUT2D eigenvalue weighted by atomic mass is 35.5. The van der Waals surface area contributed by atoms with Gasteiger partial charge in [0.05, 0.1) is 23.6 Å². The van der Waals surface area contributed by atoms with Crippen molar-refractivity contribution >= 4 is 17.4 Å². The molecule has 0 amide bonds. The number of halogens is 1. The zero-order chi connectivity index (χ0) is 11.5. The number of aryl methyl sites for hydroxylation is 1. The Bertz CT molecular complexity index is 502. The normalized spacial score (nSPS) is 10.6. The van der Waals surface area contributed by atoms with Crippen molar-refractivity contribution in [1.29, 1.82) is 0 Å². The predicted octanol–water partition coefficient (Wildman–Crippen LogP) is 2.77. The molecule has 0 saturated heterocycles. The van der Waals surface area contributed by atoms with E-state index in [9.17, 15) is 4.79 Å². The molecule has 0 aliphatic carbocycles. The summed E-state index contributed by atoms with van der Waals surface area (Å²) in [6.45, 7) is 2.85. The summed E-state index contributed by atoms with van der Waals surface area (Å²) in [5, 5.41) is 4.21. The van der Waals surface area contributed by atoms with Crippen LogP contribution in [0.3, 0.4) is 0 Å². The first kappa shape index (κ1) is 11.0. The number of rotatable bonds is 4. The molecule has 0 saturated carbocycles. The maximum Gasteiger partial charge on any atom is 0.204 e. The van der Waals surface area contributed by atoms with Gasteiger partial charge in [0.25, 0.3) is 0 Å². The van der Waals surface area contributed by atoms with Gasteiger partial charge >= 0.3 is 0 Å². The summed E-state index contributed by atoms with van der Waals surface area (Å²) < 4.78 is 6.62. The number of aromatic nitrogens is 2. The van der Waals surface area contributed by atoms with E-state index in [1.807, 2.05) is 0 Å². The van der Waals surface area contributed by atoms with Crippen LogP contribution in [0.4, 0.5) is 0 Å². The number of hydrogen-bond acceptors (Lipinski definition) is 3. The molecule has 2 heterocycles. The lowest BCUT2D eigenvalue weighted by atomic mass is 10.1. The molecule has 0 aliphatic rings. The fraction of sp³-hybridized carbons (Fsp3) is 0.273. The first-order valence-electron chi connectivity index (χ1n) is 5.02. The molecule has 16 heavy (non-hydrogen) atoms. The SMILES string of the molecule is CCCn1cc(C(=O)c2ccoc2Cl)cn1. The molecular formula is C11H11ClN2O2. The Balaban J connectivity index is 2.24. The fourth-order valence-electron chi connectivity index (χ4n) is 1.44. The van der Waals surface area contributed by atoms with Crippen molar-refractivity contribution in [3.63, 3.8) is 0 Å². The molecule has 0 bridgehead atoms. The van der Waals surface area contributed by atoms with Crippen LogP contribution < -0.4 is 0 Å². The quantitative estimate of drug-likeness (QED) is 0.770. The number of furan rings is 1. The Morgan fingerprint density at radius 2 is 2.44 bits per heavy atom. The largest absolute Gasteiger partial charge is 0.452 e. The van der Waals surface area contributed by atoms with Crippen LogP contribution in [0.15, 0.2) is 29.1 Å². The number of carbonyl (C=O) groups is 1. The van der Waals surface area contributed by atoms with Crippen LogP contribution in [-0.4, -0.2) is 15.6 Å². The Hall–Kier alpha value is -1.55. The van der Waals surface area contributed by atoms with E-state index >= 15 is 0 Å². The molecule has 0 spiro atoms. The second kappa shape index (κ2) is 4.53. The van der Waals surface area contributed by atoms with E-state index in [0.717, 1.165) is 13.0 Å². The summed E-state index contributed by atoms with van der Waals surface area (Å²) in [6, 6.07) is 1.56. The molecule has 2 rings (SSSR count). The number of nitrogens with zero attached hydrogens (tertiary/aromatic N) is 2. The third kappa shape index (κ3) is 2.02. The van der Waals surface area contributed by atoms with Crippen molar-refractivity contribution in [2.75, 3.05) is 0 Å². The van der Waals surface area contributed by atoms with Gasteiger partial charge in [0.2, 0.25) is 11.0 Å². The molecule has 0 atom stereocenters. The van der Waals surface area contributed by atoms with E-state index in [1.165, 1.54) is 6.26 Å². The summed E-state index contributed by atoms with van der Waals surface area (Å²) in [5.74, 6) is -0.166. The summed E-state index contributed by atoms with van der Waals surface area (Å²) in [7, 11) is 0. The smallest absolute Gasteiger partial charge is 0.204 e. The molecule has 0 aromatic carbocycles. The molecule has 0 radical (unpaired) electrons. The van der Waals surface area contributed by atoms with Crippen LogP contribution in [0.1, 0.15) is 29.3 Å². The van der Waals surface area contributed by atoms with Crippen LogP contribution >= 0.6 is 11.6 Å². The first-order valence-corrected chi connectivity index (χ1v) is 5.40. The second-order valence-electron chi connectivity index (χ2n) is 3.43. The van der Waals surface area contributed by atoms with Gasteiger partial charge in [-0.1, -0.05) is 6.92 Å². The molecule has 0 aliphatic heterocycles. The second-order valence-corrected chi connectivity index (χ2v) is 3.77. The topological polar surface area (TPSA) is 48.0 Å². The Kier molecular flexibility index (Phi) is 3.10. The molecule has 0 unspecified atom stereocenters.